The summed E-state index contributed by atoms with van der Waals surface area (Å²) in [7, 11) is 0. The van der Waals surface area contributed by atoms with Gasteiger partial charge in [0.05, 0.1) is 0 Å². The number of anilines is 1. The molecular formula is C16H27N3. The van der Waals surface area contributed by atoms with E-state index in [9.17, 15) is 0 Å². The van der Waals surface area contributed by atoms with Gasteiger partial charge in [-0.3, -0.25) is 0 Å². The van der Waals surface area contributed by atoms with E-state index in [4.69, 9.17) is 0 Å². The summed E-state index contributed by atoms with van der Waals surface area (Å²) in [6, 6.07) is 5.00. The Morgan fingerprint density at radius 1 is 1.32 bits per heavy atom. The molecule has 1 N–H and O–H groups in total. The van der Waals surface area contributed by atoms with Crippen LogP contribution in [0.15, 0.2) is 18.3 Å². The monoisotopic (exact) mass is 261 g/mol. The summed E-state index contributed by atoms with van der Waals surface area (Å²) in [5.41, 5.74) is 1.27. The molecule has 1 saturated heterocycles. The first-order valence-corrected chi connectivity index (χ1v) is 7.63. The number of nitrogens with zero attached hydrogens (tertiary/aromatic N) is 2. The number of piperidine rings is 1. The van der Waals surface area contributed by atoms with Crippen LogP contribution in [0.5, 0.6) is 0 Å². The van der Waals surface area contributed by atoms with Crippen molar-refractivity contribution >= 4 is 5.82 Å². The predicted molar refractivity (Wildman–Crippen MR) is 81.4 cm³/mol. The summed E-state index contributed by atoms with van der Waals surface area (Å²) in [6.07, 6.45) is 5.82. The third-order valence-corrected chi connectivity index (χ3v) is 3.98. The van der Waals surface area contributed by atoms with Gasteiger partial charge in [-0.05, 0) is 50.3 Å². The van der Waals surface area contributed by atoms with E-state index in [1.807, 2.05) is 6.20 Å². The van der Waals surface area contributed by atoms with Crippen molar-refractivity contribution in [2.45, 2.75) is 52.6 Å². The molecule has 0 spiro atoms. The Morgan fingerprint density at radius 3 is 2.84 bits per heavy atom. The Balaban J connectivity index is 1.97. The van der Waals surface area contributed by atoms with Crippen LogP contribution >= 0.6 is 0 Å². The van der Waals surface area contributed by atoms with E-state index < -0.39 is 0 Å². The van der Waals surface area contributed by atoms with Gasteiger partial charge in [0.25, 0.3) is 0 Å². The SMILES string of the molecule is CCCNCc1ccc(N2CC(C)CCC2C)nc1. The lowest BCUT2D eigenvalue weighted by Gasteiger charge is -2.37. The first kappa shape index (κ1) is 14.3. The zero-order chi connectivity index (χ0) is 13.7. The zero-order valence-electron chi connectivity index (χ0n) is 12.5. The van der Waals surface area contributed by atoms with Gasteiger partial charge in [-0.15, -0.1) is 0 Å². The summed E-state index contributed by atoms with van der Waals surface area (Å²) in [4.78, 5) is 7.11. The van der Waals surface area contributed by atoms with Crippen molar-refractivity contribution in [2.24, 2.45) is 5.92 Å². The maximum absolute atomic E-state index is 4.65. The molecule has 3 nitrogen and oxygen atoms in total. The van der Waals surface area contributed by atoms with Crippen molar-refractivity contribution in [3.63, 3.8) is 0 Å². The number of rotatable bonds is 5. The Labute approximate surface area is 117 Å². The second-order valence-corrected chi connectivity index (χ2v) is 5.89. The van der Waals surface area contributed by atoms with Crippen molar-refractivity contribution in [1.82, 2.24) is 10.3 Å². The minimum atomic E-state index is 0.618. The second kappa shape index (κ2) is 6.90. The van der Waals surface area contributed by atoms with Crippen LogP contribution in [0.2, 0.25) is 0 Å². The first-order valence-electron chi connectivity index (χ1n) is 7.63. The molecule has 2 unspecified atom stereocenters. The van der Waals surface area contributed by atoms with Gasteiger partial charge in [-0.2, -0.15) is 0 Å². The van der Waals surface area contributed by atoms with Gasteiger partial charge in [0.1, 0.15) is 5.82 Å². The van der Waals surface area contributed by atoms with Crippen LogP contribution in [0.4, 0.5) is 5.82 Å². The molecule has 2 rings (SSSR count). The average molecular weight is 261 g/mol. The topological polar surface area (TPSA) is 28.2 Å². The van der Waals surface area contributed by atoms with Crippen molar-refractivity contribution in [3.8, 4) is 0 Å². The van der Waals surface area contributed by atoms with Gasteiger partial charge in [-0.25, -0.2) is 4.98 Å². The summed E-state index contributed by atoms with van der Waals surface area (Å²) in [6.45, 7) is 9.97. The summed E-state index contributed by atoms with van der Waals surface area (Å²) >= 11 is 0. The molecule has 1 aromatic heterocycles. The van der Waals surface area contributed by atoms with Crippen molar-refractivity contribution in [1.29, 1.82) is 0 Å². The number of hydrogen-bond donors (Lipinski definition) is 1. The third kappa shape index (κ3) is 3.93. The van der Waals surface area contributed by atoms with Crippen molar-refractivity contribution < 1.29 is 0 Å². The van der Waals surface area contributed by atoms with Gasteiger partial charge in [0.2, 0.25) is 0 Å². The molecule has 106 valence electrons. The lowest BCUT2D eigenvalue weighted by molar-refractivity contribution is 0.388. The van der Waals surface area contributed by atoms with E-state index in [0.29, 0.717) is 6.04 Å². The molecule has 2 atom stereocenters. The van der Waals surface area contributed by atoms with E-state index in [1.165, 1.54) is 24.8 Å². The molecule has 1 fully saturated rings. The van der Waals surface area contributed by atoms with E-state index in [-0.39, 0.29) is 0 Å². The maximum Gasteiger partial charge on any atom is 0.128 e. The molecular weight excluding hydrogens is 234 g/mol. The Bertz CT molecular complexity index is 374. The molecule has 1 aromatic rings. The third-order valence-electron chi connectivity index (χ3n) is 3.98. The molecule has 1 aliphatic heterocycles. The normalized spacial score (nSPS) is 23.6. The highest BCUT2D eigenvalue weighted by atomic mass is 15.2. The number of nitrogens with one attached hydrogen (secondary N) is 1. The van der Waals surface area contributed by atoms with Crippen LogP contribution in [0, 0.1) is 5.92 Å². The standard InChI is InChI=1S/C16H27N3/c1-4-9-17-10-15-7-8-16(18-11-15)19-12-13(2)5-6-14(19)3/h7-8,11,13-14,17H,4-6,9-10,12H2,1-3H3. The van der Waals surface area contributed by atoms with Crippen LogP contribution in [-0.4, -0.2) is 24.1 Å². The molecule has 0 amide bonds. The van der Waals surface area contributed by atoms with Crippen LogP contribution in [0.25, 0.3) is 0 Å². The molecule has 0 saturated carbocycles. The van der Waals surface area contributed by atoms with Gasteiger partial charge in [0, 0.05) is 25.3 Å². The maximum atomic E-state index is 4.65. The minimum Gasteiger partial charge on any atom is -0.354 e. The lowest BCUT2D eigenvalue weighted by atomic mass is 9.95. The van der Waals surface area contributed by atoms with Crippen LogP contribution in [0.3, 0.4) is 0 Å². The molecule has 0 bridgehead atoms. The Kier molecular flexibility index (Phi) is 5.20. The lowest BCUT2D eigenvalue weighted by Crippen LogP contribution is -2.41. The van der Waals surface area contributed by atoms with E-state index >= 15 is 0 Å². The molecule has 0 radical (unpaired) electrons. The molecule has 0 aliphatic carbocycles. The Hall–Kier alpha value is -1.09. The molecule has 2 heterocycles. The highest BCUT2D eigenvalue weighted by Gasteiger charge is 2.23. The molecule has 0 aromatic carbocycles. The van der Waals surface area contributed by atoms with E-state index in [1.54, 1.807) is 0 Å². The van der Waals surface area contributed by atoms with E-state index in [2.05, 4.69) is 48.1 Å². The van der Waals surface area contributed by atoms with E-state index in [0.717, 1.165) is 31.4 Å². The molecule has 19 heavy (non-hydrogen) atoms. The minimum absolute atomic E-state index is 0.618. The van der Waals surface area contributed by atoms with Crippen LogP contribution in [0.1, 0.15) is 45.6 Å². The fourth-order valence-corrected chi connectivity index (χ4v) is 2.71. The fraction of sp³-hybridized carbons (Fsp3) is 0.688. The summed E-state index contributed by atoms with van der Waals surface area (Å²) in [5, 5.41) is 3.41. The average Bonchev–Trinajstić information content (AvgIpc) is 2.43. The smallest absolute Gasteiger partial charge is 0.128 e. The summed E-state index contributed by atoms with van der Waals surface area (Å²) in [5.74, 6) is 1.92. The largest absolute Gasteiger partial charge is 0.354 e. The van der Waals surface area contributed by atoms with Gasteiger partial charge in [-0.1, -0.05) is 19.9 Å². The Morgan fingerprint density at radius 2 is 2.16 bits per heavy atom. The van der Waals surface area contributed by atoms with Gasteiger partial charge in [0.15, 0.2) is 0 Å². The van der Waals surface area contributed by atoms with Gasteiger partial charge >= 0.3 is 0 Å². The second-order valence-electron chi connectivity index (χ2n) is 5.89. The highest BCUT2D eigenvalue weighted by molar-refractivity contribution is 5.41. The number of hydrogen-bond acceptors (Lipinski definition) is 3. The quantitative estimate of drug-likeness (QED) is 0.825. The summed E-state index contributed by atoms with van der Waals surface area (Å²) < 4.78 is 0. The van der Waals surface area contributed by atoms with Crippen molar-refractivity contribution in [2.75, 3.05) is 18.0 Å². The number of pyridine rings is 1. The first-order chi connectivity index (χ1) is 9.20. The van der Waals surface area contributed by atoms with Gasteiger partial charge < -0.3 is 10.2 Å². The predicted octanol–water partition coefficient (Wildman–Crippen LogP) is 3.21. The fourth-order valence-electron chi connectivity index (χ4n) is 2.71. The molecule has 1 aliphatic rings. The van der Waals surface area contributed by atoms with Crippen LogP contribution in [-0.2, 0) is 6.54 Å². The van der Waals surface area contributed by atoms with Crippen molar-refractivity contribution in [3.05, 3.63) is 23.9 Å². The highest BCUT2D eigenvalue weighted by Crippen LogP contribution is 2.25. The zero-order valence-corrected chi connectivity index (χ0v) is 12.5. The van der Waals surface area contributed by atoms with Crippen LogP contribution < -0.4 is 10.2 Å². The molecule has 3 heteroatoms. The number of aromatic nitrogens is 1.